The van der Waals surface area contributed by atoms with Gasteiger partial charge in [0.05, 0.1) is 25.7 Å². The fraction of sp³-hybridized carbons (Fsp3) is 0.667. The number of likely N-dealkylation sites (N-methyl/N-ethyl adjacent to an activating group) is 1. The van der Waals surface area contributed by atoms with Gasteiger partial charge in [-0.3, -0.25) is 4.79 Å². The van der Waals surface area contributed by atoms with E-state index in [1.807, 2.05) is 24.7 Å². The fourth-order valence-electron chi connectivity index (χ4n) is 2.14. The summed E-state index contributed by atoms with van der Waals surface area (Å²) in [7, 11) is 1.91. The molecule has 2 N–H and O–H groups in total. The highest BCUT2D eigenvalue weighted by Crippen LogP contribution is 2.13. The Morgan fingerprint density at radius 1 is 1.61 bits per heavy atom. The van der Waals surface area contributed by atoms with Crippen molar-refractivity contribution in [2.45, 2.75) is 19.5 Å². The van der Waals surface area contributed by atoms with Gasteiger partial charge in [0.1, 0.15) is 5.82 Å². The van der Waals surface area contributed by atoms with Gasteiger partial charge in [0.15, 0.2) is 0 Å². The van der Waals surface area contributed by atoms with Gasteiger partial charge in [0, 0.05) is 25.5 Å². The first-order valence-corrected chi connectivity index (χ1v) is 6.27. The quantitative estimate of drug-likeness (QED) is 0.752. The van der Waals surface area contributed by atoms with Crippen molar-refractivity contribution in [1.82, 2.24) is 20.2 Å². The van der Waals surface area contributed by atoms with Crippen LogP contribution < -0.4 is 10.6 Å². The molecule has 1 aliphatic rings. The Labute approximate surface area is 107 Å². The minimum absolute atomic E-state index is 0.0291. The molecule has 6 heteroatoms. The molecule has 0 radical (unpaired) electrons. The van der Waals surface area contributed by atoms with E-state index in [1.165, 1.54) is 0 Å². The molecule has 0 aromatic carbocycles. The number of rotatable bonds is 5. The van der Waals surface area contributed by atoms with E-state index >= 15 is 0 Å². The predicted molar refractivity (Wildman–Crippen MR) is 66.8 cm³/mol. The molecule has 2 heterocycles. The maximum absolute atomic E-state index is 12.1. The van der Waals surface area contributed by atoms with E-state index in [0.717, 1.165) is 12.4 Å². The van der Waals surface area contributed by atoms with Crippen LogP contribution in [-0.2, 0) is 23.1 Å². The van der Waals surface area contributed by atoms with E-state index < -0.39 is 0 Å². The standard InChI is InChI=1S/C12H20N4O2/c1-3-13-10-8-18-7-9(10)12(17)15-6-11-14-4-5-16(11)2/h4-5,9-10,13H,3,6-8H2,1-2H3,(H,15,17). The minimum Gasteiger partial charge on any atom is -0.379 e. The van der Waals surface area contributed by atoms with E-state index in [2.05, 4.69) is 15.6 Å². The maximum atomic E-state index is 12.1. The third kappa shape index (κ3) is 2.88. The number of amides is 1. The number of nitrogens with zero attached hydrogens (tertiary/aromatic N) is 2. The van der Waals surface area contributed by atoms with Gasteiger partial charge < -0.3 is 19.9 Å². The highest BCUT2D eigenvalue weighted by Gasteiger charge is 2.33. The van der Waals surface area contributed by atoms with Crippen LogP contribution in [0.25, 0.3) is 0 Å². The van der Waals surface area contributed by atoms with Crippen LogP contribution in [0.15, 0.2) is 12.4 Å². The number of aryl methyl sites for hydroxylation is 1. The average molecular weight is 252 g/mol. The Bertz CT molecular complexity index is 405. The van der Waals surface area contributed by atoms with Crippen LogP contribution in [0.5, 0.6) is 0 Å². The Balaban J connectivity index is 1.86. The number of nitrogens with one attached hydrogen (secondary N) is 2. The molecule has 1 amide bonds. The maximum Gasteiger partial charge on any atom is 0.227 e. The summed E-state index contributed by atoms with van der Waals surface area (Å²) in [6, 6.07) is 0.122. The normalized spacial score (nSPS) is 23.2. The van der Waals surface area contributed by atoms with Crippen molar-refractivity contribution in [3.63, 3.8) is 0 Å². The number of hydrogen-bond acceptors (Lipinski definition) is 4. The second-order valence-electron chi connectivity index (χ2n) is 4.48. The number of ether oxygens (including phenoxy) is 1. The summed E-state index contributed by atoms with van der Waals surface area (Å²) in [4.78, 5) is 16.2. The zero-order chi connectivity index (χ0) is 13.0. The summed E-state index contributed by atoms with van der Waals surface area (Å²) < 4.78 is 7.26. The lowest BCUT2D eigenvalue weighted by Crippen LogP contribution is -2.43. The third-order valence-corrected chi connectivity index (χ3v) is 3.23. The lowest BCUT2D eigenvalue weighted by molar-refractivity contribution is -0.125. The smallest absolute Gasteiger partial charge is 0.227 e. The van der Waals surface area contributed by atoms with Gasteiger partial charge in [-0.15, -0.1) is 0 Å². The lowest BCUT2D eigenvalue weighted by Gasteiger charge is -2.17. The Kier molecular flexibility index (Phi) is 4.33. The van der Waals surface area contributed by atoms with E-state index in [9.17, 15) is 4.79 Å². The molecule has 0 saturated carbocycles. The molecular weight excluding hydrogens is 232 g/mol. The predicted octanol–water partition coefficient (Wildman–Crippen LogP) is -0.339. The molecular formula is C12H20N4O2. The second-order valence-corrected chi connectivity index (χ2v) is 4.48. The van der Waals surface area contributed by atoms with Crippen LogP contribution in [0.2, 0.25) is 0 Å². The average Bonchev–Trinajstić information content (AvgIpc) is 2.96. The Morgan fingerprint density at radius 3 is 3.11 bits per heavy atom. The van der Waals surface area contributed by atoms with Crippen molar-refractivity contribution in [3.05, 3.63) is 18.2 Å². The molecule has 6 nitrogen and oxygen atoms in total. The van der Waals surface area contributed by atoms with Gasteiger partial charge in [0.2, 0.25) is 5.91 Å². The van der Waals surface area contributed by atoms with Crippen molar-refractivity contribution < 1.29 is 9.53 Å². The van der Waals surface area contributed by atoms with Crippen LogP contribution in [-0.4, -0.2) is 41.3 Å². The molecule has 100 valence electrons. The molecule has 0 bridgehead atoms. The van der Waals surface area contributed by atoms with E-state index in [0.29, 0.717) is 19.8 Å². The molecule has 0 aliphatic carbocycles. The zero-order valence-electron chi connectivity index (χ0n) is 10.8. The molecule has 0 spiro atoms. The first-order valence-electron chi connectivity index (χ1n) is 6.27. The van der Waals surface area contributed by atoms with Crippen LogP contribution in [0, 0.1) is 5.92 Å². The summed E-state index contributed by atoms with van der Waals surface area (Å²) in [5.41, 5.74) is 0. The SMILES string of the molecule is CCNC1COCC1C(=O)NCc1nccn1C. The van der Waals surface area contributed by atoms with Crippen LogP contribution >= 0.6 is 0 Å². The summed E-state index contributed by atoms with van der Waals surface area (Å²) in [6.07, 6.45) is 3.59. The molecule has 2 rings (SSSR count). The van der Waals surface area contributed by atoms with E-state index in [4.69, 9.17) is 4.74 Å². The van der Waals surface area contributed by atoms with Crippen molar-refractivity contribution >= 4 is 5.91 Å². The monoisotopic (exact) mass is 252 g/mol. The fourth-order valence-corrected chi connectivity index (χ4v) is 2.14. The number of hydrogen-bond donors (Lipinski definition) is 2. The van der Waals surface area contributed by atoms with Gasteiger partial charge in [-0.05, 0) is 6.54 Å². The molecule has 18 heavy (non-hydrogen) atoms. The summed E-state index contributed by atoms with van der Waals surface area (Å²) in [5.74, 6) is 0.772. The van der Waals surface area contributed by atoms with Gasteiger partial charge in [-0.1, -0.05) is 6.92 Å². The molecule has 1 aliphatic heterocycles. The second kappa shape index (κ2) is 5.97. The van der Waals surface area contributed by atoms with Crippen LogP contribution in [0.4, 0.5) is 0 Å². The highest BCUT2D eigenvalue weighted by molar-refractivity contribution is 5.79. The van der Waals surface area contributed by atoms with Gasteiger partial charge >= 0.3 is 0 Å². The van der Waals surface area contributed by atoms with Crippen LogP contribution in [0.1, 0.15) is 12.7 Å². The topological polar surface area (TPSA) is 68.2 Å². The summed E-state index contributed by atoms with van der Waals surface area (Å²) >= 11 is 0. The zero-order valence-corrected chi connectivity index (χ0v) is 10.8. The third-order valence-electron chi connectivity index (χ3n) is 3.23. The molecule has 2 unspecified atom stereocenters. The minimum atomic E-state index is -0.106. The Morgan fingerprint density at radius 2 is 2.44 bits per heavy atom. The van der Waals surface area contributed by atoms with Gasteiger partial charge in [0.25, 0.3) is 0 Å². The molecule has 1 aromatic heterocycles. The summed E-state index contributed by atoms with van der Waals surface area (Å²) in [5, 5.41) is 6.19. The van der Waals surface area contributed by atoms with Crippen molar-refractivity contribution in [2.24, 2.45) is 13.0 Å². The largest absolute Gasteiger partial charge is 0.379 e. The van der Waals surface area contributed by atoms with E-state index in [1.54, 1.807) is 6.20 Å². The van der Waals surface area contributed by atoms with Gasteiger partial charge in [-0.25, -0.2) is 4.98 Å². The number of carbonyl (C=O) groups is 1. The van der Waals surface area contributed by atoms with Crippen molar-refractivity contribution in [1.29, 1.82) is 0 Å². The molecule has 1 aromatic rings. The first-order chi connectivity index (χ1) is 8.72. The lowest BCUT2D eigenvalue weighted by atomic mass is 10.0. The van der Waals surface area contributed by atoms with Crippen molar-refractivity contribution in [2.75, 3.05) is 19.8 Å². The first kappa shape index (κ1) is 13.0. The van der Waals surface area contributed by atoms with Gasteiger partial charge in [-0.2, -0.15) is 0 Å². The van der Waals surface area contributed by atoms with E-state index in [-0.39, 0.29) is 17.9 Å². The number of imidazole rings is 1. The van der Waals surface area contributed by atoms with Crippen LogP contribution in [0.3, 0.4) is 0 Å². The molecule has 1 fully saturated rings. The van der Waals surface area contributed by atoms with Crippen molar-refractivity contribution in [3.8, 4) is 0 Å². The highest BCUT2D eigenvalue weighted by atomic mass is 16.5. The number of carbonyl (C=O) groups excluding carboxylic acids is 1. The molecule has 1 saturated heterocycles. The molecule has 2 atom stereocenters. The Hall–Kier alpha value is -1.40. The summed E-state index contributed by atoms with van der Waals surface area (Å²) in [6.45, 7) is 4.43. The number of aromatic nitrogens is 2.